The van der Waals surface area contributed by atoms with Crippen molar-refractivity contribution in [1.82, 2.24) is 0 Å². The maximum Gasteiger partial charge on any atom is -0.0391 e. The van der Waals surface area contributed by atoms with Crippen molar-refractivity contribution >= 4 is 0 Å². The molecule has 1 aliphatic carbocycles. The lowest BCUT2D eigenvalue weighted by Gasteiger charge is -2.10. The topological polar surface area (TPSA) is 0 Å². The van der Waals surface area contributed by atoms with Crippen LogP contribution in [0.4, 0.5) is 0 Å². The van der Waals surface area contributed by atoms with Gasteiger partial charge in [-0.1, -0.05) is 53.4 Å². The lowest BCUT2D eigenvalue weighted by atomic mass is 9.96. The monoisotopic (exact) mass is 142 g/mol. The molecule has 0 spiro atoms. The van der Waals surface area contributed by atoms with Crippen LogP contribution < -0.4 is 0 Å². The first-order valence-corrected chi connectivity index (χ1v) is 4.84. The van der Waals surface area contributed by atoms with E-state index in [0.717, 1.165) is 11.8 Å². The molecule has 62 valence electrons. The maximum absolute atomic E-state index is 2.39. The zero-order chi connectivity index (χ0) is 7.98. The van der Waals surface area contributed by atoms with Gasteiger partial charge in [-0.15, -0.1) is 0 Å². The Kier molecular flexibility index (Phi) is 5.76. The molecule has 1 fully saturated rings. The van der Waals surface area contributed by atoms with E-state index in [9.17, 15) is 0 Å². The first-order valence-electron chi connectivity index (χ1n) is 4.84. The Labute approximate surface area is 66.0 Å². The summed E-state index contributed by atoms with van der Waals surface area (Å²) in [7, 11) is 0. The molecule has 1 saturated carbocycles. The molecule has 10 heavy (non-hydrogen) atoms. The summed E-state index contributed by atoms with van der Waals surface area (Å²) >= 11 is 0. The van der Waals surface area contributed by atoms with Gasteiger partial charge in [-0.25, -0.2) is 0 Å². The highest BCUT2D eigenvalue weighted by Crippen LogP contribution is 2.32. The molecule has 0 bridgehead atoms. The lowest BCUT2D eigenvalue weighted by Crippen LogP contribution is -2.00. The largest absolute Gasteiger partial charge is 0.0683 e. The molecule has 0 radical (unpaired) electrons. The Morgan fingerprint density at radius 3 is 2.00 bits per heavy atom. The molecule has 0 nitrogen and oxygen atoms in total. The van der Waals surface area contributed by atoms with E-state index < -0.39 is 0 Å². The molecule has 0 aliphatic heterocycles. The third-order valence-corrected chi connectivity index (χ3v) is 2.56. The molecule has 1 aliphatic rings. The van der Waals surface area contributed by atoms with Gasteiger partial charge < -0.3 is 0 Å². The van der Waals surface area contributed by atoms with Gasteiger partial charge in [0.25, 0.3) is 0 Å². The van der Waals surface area contributed by atoms with E-state index in [1.807, 2.05) is 13.8 Å². The van der Waals surface area contributed by atoms with Crippen LogP contribution in [-0.2, 0) is 0 Å². The Bertz CT molecular complexity index is 66.4. The predicted molar refractivity (Wildman–Crippen MR) is 48.1 cm³/mol. The summed E-state index contributed by atoms with van der Waals surface area (Å²) in [4.78, 5) is 0. The molecule has 0 saturated heterocycles. The van der Waals surface area contributed by atoms with Gasteiger partial charge in [0.05, 0.1) is 0 Å². The maximum atomic E-state index is 2.39. The fraction of sp³-hybridized carbons (Fsp3) is 1.00. The first kappa shape index (κ1) is 10.0. The zero-order valence-electron chi connectivity index (χ0n) is 7.98. The van der Waals surface area contributed by atoms with Gasteiger partial charge in [-0.05, 0) is 11.8 Å². The highest BCUT2D eigenvalue weighted by Gasteiger charge is 2.20. The normalized spacial score (nSPS) is 31.2. The van der Waals surface area contributed by atoms with Gasteiger partial charge in [0.15, 0.2) is 0 Å². The first-order chi connectivity index (χ1) is 4.84. The third kappa shape index (κ3) is 2.72. The number of hydrogen-bond acceptors (Lipinski definition) is 0. The van der Waals surface area contributed by atoms with E-state index in [-0.39, 0.29) is 0 Å². The minimum atomic E-state index is 1.03. The molecule has 0 aromatic rings. The van der Waals surface area contributed by atoms with Gasteiger partial charge in [0, 0.05) is 0 Å². The van der Waals surface area contributed by atoms with Crippen molar-refractivity contribution in [3.05, 3.63) is 0 Å². The van der Waals surface area contributed by atoms with Crippen LogP contribution in [0.3, 0.4) is 0 Å². The van der Waals surface area contributed by atoms with E-state index in [1.165, 1.54) is 25.7 Å². The van der Waals surface area contributed by atoms with Gasteiger partial charge in [0.1, 0.15) is 0 Å². The second-order valence-electron chi connectivity index (χ2n) is 3.08. The number of hydrogen-bond donors (Lipinski definition) is 0. The summed E-state index contributed by atoms with van der Waals surface area (Å²) in [5.74, 6) is 2.09. The van der Waals surface area contributed by atoms with Gasteiger partial charge >= 0.3 is 0 Å². The van der Waals surface area contributed by atoms with E-state index in [1.54, 1.807) is 0 Å². The summed E-state index contributed by atoms with van der Waals surface area (Å²) in [5, 5.41) is 0. The molecule has 0 N–H and O–H groups in total. The minimum absolute atomic E-state index is 1.03. The van der Waals surface area contributed by atoms with Crippen molar-refractivity contribution < 1.29 is 0 Å². The summed E-state index contributed by atoms with van der Waals surface area (Å²) < 4.78 is 0. The summed E-state index contributed by atoms with van der Waals surface area (Å²) in [6.45, 7) is 8.70. The van der Waals surface area contributed by atoms with Crippen LogP contribution in [-0.4, -0.2) is 0 Å². The standard InChI is InChI=1S/C8H16.C2H6/c1-3-8-6-4-5-7(8)2;1-2/h7-8H,3-6H2,1-2H3;1-2H3/t7-,8-;/m0./s1. The van der Waals surface area contributed by atoms with Crippen molar-refractivity contribution in [2.75, 3.05) is 0 Å². The molecule has 1 rings (SSSR count). The van der Waals surface area contributed by atoms with Gasteiger partial charge in [-0.3, -0.25) is 0 Å². The molecule has 0 aromatic heterocycles. The summed E-state index contributed by atoms with van der Waals surface area (Å²) in [5.41, 5.74) is 0. The molecular formula is C10H22. The molecule has 0 heterocycles. The van der Waals surface area contributed by atoms with Gasteiger partial charge in [0.2, 0.25) is 0 Å². The molecule has 0 aromatic carbocycles. The van der Waals surface area contributed by atoms with Crippen molar-refractivity contribution in [3.8, 4) is 0 Å². The Morgan fingerprint density at radius 1 is 1.20 bits per heavy atom. The van der Waals surface area contributed by atoms with E-state index >= 15 is 0 Å². The van der Waals surface area contributed by atoms with E-state index in [0.29, 0.717) is 0 Å². The Morgan fingerprint density at radius 2 is 1.80 bits per heavy atom. The van der Waals surface area contributed by atoms with Crippen LogP contribution in [0.25, 0.3) is 0 Å². The summed E-state index contributed by atoms with van der Waals surface area (Å²) in [6, 6.07) is 0. The van der Waals surface area contributed by atoms with Crippen LogP contribution in [0.5, 0.6) is 0 Å². The third-order valence-electron chi connectivity index (χ3n) is 2.56. The quantitative estimate of drug-likeness (QED) is 0.521. The average Bonchev–Trinajstić information content (AvgIpc) is 2.39. The number of rotatable bonds is 1. The van der Waals surface area contributed by atoms with Gasteiger partial charge in [-0.2, -0.15) is 0 Å². The van der Waals surface area contributed by atoms with Crippen LogP contribution in [0, 0.1) is 11.8 Å². The molecule has 0 amide bonds. The smallest absolute Gasteiger partial charge is 0.0391 e. The SMILES string of the molecule is CC.CC[C@H]1CCC[C@@H]1C. The van der Waals surface area contributed by atoms with Crippen LogP contribution in [0.2, 0.25) is 0 Å². The fourth-order valence-electron chi connectivity index (χ4n) is 1.83. The lowest BCUT2D eigenvalue weighted by molar-refractivity contribution is 0.407. The second-order valence-corrected chi connectivity index (χ2v) is 3.08. The van der Waals surface area contributed by atoms with Crippen molar-refractivity contribution in [3.63, 3.8) is 0 Å². The van der Waals surface area contributed by atoms with E-state index in [2.05, 4.69) is 13.8 Å². The van der Waals surface area contributed by atoms with Crippen molar-refractivity contribution in [1.29, 1.82) is 0 Å². The zero-order valence-corrected chi connectivity index (χ0v) is 7.98. The fourth-order valence-corrected chi connectivity index (χ4v) is 1.83. The minimum Gasteiger partial charge on any atom is -0.0683 e. The average molecular weight is 142 g/mol. The van der Waals surface area contributed by atoms with Crippen molar-refractivity contribution in [2.45, 2.75) is 53.4 Å². The molecule has 2 atom stereocenters. The highest BCUT2D eigenvalue weighted by atomic mass is 14.3. The predicted octanol–water partition coefficient (Wildman–Crippen LogP) is 3.86. The van der Waals surface area contributed by atoms with Crippen LogP contribution in [0.15, 0.2) is 0 Å². The molecule has 0 unspecified atom stereocenters. The Hall–Kier alpha value is 0. The second kappa shape index (κ2) is 5.76. The van der Waals surface area contributed by atoms with Crippen molar-refractivity contribution in [2.24, 2.45) is 11.8 Å². The summed E-state index contributed by atoms with van der Waals surface area (Å²) in [6.07, 6.45) is 5.87. The van der Waals surface area contributed by atoms with E-state index in [4.69, 9.17) is 0 Å². The van der Waals surface area contributed by atoms with Crippen LogP contribution in [0.1, 0.15) is 53.4 Å². The molecule has 0 heteroatoms. The molecular weight excluding hydrogens is 120 g/mol. The van der Waals surface area contributed by atoms with Crippen LogP contribution >= 0.6 is 0 Å². The Balaban J connectivity index is 0.000000371. The highest BCUT2D eigenvalue weighted by molar-refractivity contribution is 4.72.